The maximum Gasteiger partial charge on any atom is 0.408 e. The van der Waals surface area contributed by atoms with Crippen molar-refractivity contribution >= 4 is 34.4 Å². The number of terminal acetylenes is 1. The fraction of sp³-hybridized carbons (Fsp3) is 0.364. The van der Waals surface area contributed by atoms with E-state index in [9.17, 15) is 19.5 Å². The number of aliphatic hydroxyl groups excluding tert-OH is 1. The fourth-order valence-corrected chi connectivity index (χ4v) is 4.45. The molecule has 0 radical (unpaired) electrons. The summed E-state index contributed by atoms with van der Waals surface area (Å²) in [6.07, 6.45) is 7.04. The molecule has 0 fully saturated rings. The van der Waals surface area contributed by atoms with Crippen molar-refractivity contribution in [2.45, 2.75) is 64.6 Å². The smallest absolute Gasteiger partial charge is 0.408 e. The Morgan fingerprint density at radius 2 is 1.68 bits per heavy atom. The van der Waals surface area contributed by atoms with Gasteiger partial charge >= 0.3 is 6.09 Å². The number of carbonyl (C=O) groups excluding carboxylic acids is 3. The molecule has 2 unspecified atom stereocenters. The highest BCUT2D eigenvalue weighted by Crippen LogP contribution is 2.27. The van der Waals surface area contributed by atoms with Gasteiger partial charge in [-0.3, -0.25) is 9.59 Å². The molecule has 2 atom stereocenters. The Morgan fingerprint density at radius 1 is 1.00 bits per heavy atom. The zero-order valence-corrected chi connectivity index (χ0v) is 24.1. The monoisotopic (exact) mass is 557 g/mol. The van der Waals surface area contributed by atoms with Gasteiger partial charge in [0.05, 0.1) is 6.61 Å². The number of amides is 3. The molecule has 0 aliphatic heterocycles. The summed E-state index contributed by atoms with van der Waals surface area (Å²) in [6, 6.07) is 17.9. The van der Waals surface area contributed by atoms with Gasteiger partial charge in [-0.1, -0.05) is 68.2 Å². The van der Waals surface area contributed by atoms with Crippen LogP contribution in [0.3, 0.4) is 0 Å². The molecular formula is C33H39N3O5. The predicted molar refractivity (Wildman–Crippen MR) is 161 cm³/mol. The van der Waals surface area contributed by atoms with Crippen molar-refractivity contribution in [2.24, 2.45) is 0 Å². The number of nitrogens with one attached hydrogen (secondary N) is 2. The lowest BCUT2D eigenvalue weighted by Gasteiger charge is -2.34. The van der Waals surface area contributed by atoms with E-state index in [0.29, 0.717) is 23.2 Å². The highest BCUT2D eigenvalue weighted by Gasteiger charge is 2.36. The van der Waals surface area contributed by atoms with Gasteiger partial charge in [-0.2, -0.15) is 0 Å². The Labute approximate surface area is 242 Å². The van der Waals surface area contributed by atoms with Gasteiger partial charge in [0.1, 0.15) is 17.7 Å². The topological polar surface area (TPSA) is 108 Å². The molecule has 0 bridgehead atoms. The van der Waals surface area contributed by atoms with E-state index in [2.05, 4.69) is 16.6 Å². The molecule has 41 heavy (non-hydrogen) atoms. The molecule has 0 aliphatic carbocycles. The van der Waals surface area contributed by atoms with E-state index in [1.807, 2.05) is 49.4 Å². The van der Waals surface area contributed by atoms with Crippen molar-refractivity contribution in [3.05, 3.63) is 77.9 Å². The molecule has 0 saturated carbocycles. The zero-order chi connectivity index (χ0) is 30.0. The number of hydrogen-bond acceptors (Lipinski definition) is 5. The minimum atomic E-state index is -1.31. The molecular weight excluding hydrogens is 518 g/mol. The van der Waals surface area contributed by atoms with Crippen molar-refractivity contribution in [1.82, 2.24) is 10.2 Å². The number of alkyl carbamates (subject to hydrolysis) is 1. The molecule has 0 saturated heterocycles. The van der Waals surface area contributed by atoms with Gasteiger partial charge in [-0.05, 0) is 67.8 Å². The van der Waals surface area contributed by atoms with Gasteiger partial charge in [0.2, 0.25) is 5.91 Å². The van der Waals surface area contributed by atoms with Crippen LogP contribution < -0.4 is 10.6 Å². The second-order valence-electron chi connectivity index (χ2n) is 10.8. The van der Waals surface area contributed by atoms with Crippen LogP contribution in [0.1, 0.15) is 64.1 Å². The number of aliphatic hydroxyl groups is 1. The first-order valence-corrected chi connectivity index (χ1v) is 13.8. The summed E-state index contributed by atoms with van der Waals surface area (Å²) in [5, 5.41) is 17.5. The maximum absolute atomic E-state index is 14.0. The molecule has 0 aromatic heterocycles. The van der Waals surface area contributed by atoms with Crippen molar-refractivity contribution in [2.75, 3.05) is 18.5 Å². The van der Waals surface area contributed by atoms with Gasteiger partial charge in [0, 0.05) is 17.8 Å². The third kappa shape index (κ3) is 8.82. The zero-order valence-electron chi connectivity index (χ0n) is 24.1. The number of unbranched alkanes of at least 4 members (excludes halogenated alkanes) is 2. The second kappa shape index (κ2) is 14.3. The summed E-state index contributed by atoms with van der Waals surface area (Å²) in [5.41, 5.74) is 0.951. The summed E-state index contributed by atoms with van der Waals surface area (Å²) in [5.74, 6) is 1.52. The number of rotatable bonds is 11. The van der Waals surface area contributed by atoms with Crippen LogP contribution in [0.2, 0.25) is 0 Å². The Hall–Kier alpha value is -4.35. The molecule has 3 rings (SSSR count). The summed E-state index contributed by atoms with van der Waals surface area (Å²) >= 11 is 0. The molecule has 3 amide bonds. The Balaban J connectivity index is 2.00. The highest BCUT2D eigenvalue weighted by molar-refractivity contribution is 6.00. The lowest BCUT2D eigenvalue weighted by Crippen LogP contribution is -2.54. The Kier molecular flexibility index (Phi) is 10.9. The van der Waals surface area contributed by atoms with E-state index in [-0.39, 0.29) is 6.54 Å². The van der Waals surface area contributed by atoms with E-state index in [4.69, 9.17) is 11.2 Å². The van der Waals surface area contributed by atoms with Crippen molar-refractivity contribution < 1.29 is 24.2 Å². The number of hydrogen-bond donors (Lipinski definition) is 3. The van der Waals surface area contributed by atoms with Crippen molar-refractivity contribution in [3.63, 3.8) is 0 Å². The SMILES string of the molecule is C#Cc1ccc(C(C(=O)Nc2ccc3ccccc3c2)N(CCCCC)C(=O)C(CO)NC(=O)OC(C)(C)C)cc1. The molecule has 216 valence electrons. The number of nitrogens with zero attached hydrogens (tertiary/aromatic N) is 1. The van der Waals surface area contributed by atoms with E-state index in [1.54, 1.807) is 45.0 Å². The van der Waals surface area contributed by atoms with Crippen LogP contribution in [0.25, 0.3) is 10.8 Å². The number of fused-ring (bicyclic) bond motifs is 1. The Bertz CT molecular complexity index is 1390. The molecule has 8 nitrogen and oxygen atoms in total. The molecule has 0 aliphatic rings. The Morgan fingerprint density at radius 3 is 2.29 bits per heavy atom. The van der Waals surface area contributed by atoms with Crippen LogP contribution in [0.15, 0.2) is 66.7 Å². The van der Waals surface area contributed by atoms with Crippen LogP contribution >= 0.6 is 0 Å². The van der Waals surface area contributed by atoms with Gasteiger partial charge < -0.3 is 25.4 Å². The van der Waals surface area contributed by atoms with E-state index in [1.165, 1.54) is 4.90 Å². The summed E-state index contributed by atoms with van der Waals surface area (Å²) < 4.78 is 5.30. The number of ether oxygens (including phenoxy) is 1. The summed E-state index contributed by atoms with van der Waals surface area (Å²) in [6.45, 7) is 6.70. The molecule has 3 N–H and O–H groups in total. The van der Waals surface area contributed by atoms with Crippen LogP contribution in [0.5, 0.6) is 0 Å². The van der Waals surface area contributed by atoms with Gasteiger partial charge in [0.25, 0.3) is 5.91 Å². The first kappa shape index (κ1) is 31.2. The first-order valence-electron chi connectivity index (χ1n) is 13.8. The average Bonchev–Trinajstić information content (AvgIpc) is 2.94. The minimum Gasteiger partial charge on any atom is -0.444 e. The maximum atomic E-state index is 14.0. The van der Waals surface area contributed by atoms with Crippen LogP contribution in [-0.2, 0) is 14.3 Å². The average molecular weight is 558 g/mol. The quantitative estimate of drug-likeness (QED) is 0.216. The summed E-state index contributed by atoms with van der Waals surface area (Å²) in [4.78, 5) is 41.8. The standard InChI is InChI=1S/C33H39N3O5/c1-6-8-11-20-36(31(39)28(22-37)35-32(40)41-33(3,4)5)29(25-16-14-23(7-2)15-17-25)30(38)34-27-19-18-24-12-9-10-13-26(24)21-27/h2,9-10,12-19,21,28-29,37H,6,8,11,20,22H2,1,3-5H3,(H,34,38)(H,35,40). The number of benzene rings is 3. The van der Waals surface area contributed by atoms with Crippen LogP contribution in [0.4, 0.5) is 10.5 Å². The normalized spacial score (nSPS) is 12.6. The lowest BCUT2D eigenvalue weighted by molar-refractivity contribution is -0.141. The van der Waals surface area contributed by atoms with E-state index >= 15 is 0 Å². The van der Waals surface area contributed by atoms with Gasteiger partial charge in [-0.25, -0.2) is 4.79 Å². The third-order valence-corrected chi connectivity index (χ3v) is 6.43. The number of anilines is 1. The van der Waals surface area contributed by atoms with Gasteiger partial charge in [-0.15, -0.1) is 6.42 Å². The van der Waals surface area contributed by atoms with Crippen molar-refractivity contribution in [3.8, 4) is 12.3 Å². The predicted octanol–water partition coefficient (Wildman–Crippen LogP) is 5.41. The summed E-state index contributed by atoms with van der Waals surface area (Å²) in [7, 11) is 0. The molecule has 8 heteroatoms. The second-order valence-corrected chi connectivity index (χ2v) is 10.8. The molecule has 0 spiro atoms. The molecule has 3 aromatic carbocycles. The minimum absolute atomic E-state index is 0.228. The van der Waals surface area contributed by atoms with Crippen LogP contribution in [-0.4, -0.2) is 52.7 Å². The fourth-order valence-electron chi connectivity index (χ4n) is 4.45. The molecule has 0 heterocycles. The lowest BCUT2D eigenvalue weighted by atomic mass is 10.0. The van der Waals surface area contributed by atoms with Crippen molar-refractivity contribution in [1.29, 1.82) is 0 Å². The van der Waals surface area contributed by atoms with E-state index in [0.717, 1.165) is 23.6 Å². The third-order valence-electron chi connectivity index (χ3n) is 6.43. The largest absolute Gasteiger partial charge is 0.444 e. The van der Waals surface area contributed by atoms with Crippen LogP contribution in [0, 0.1) is 12.3 Å². The first-order chi connectivity index (χ1) is 19.6. The number of carbonyl (C=O) groups is 3. The van der Waals surface area contributed by atoms with Gasteiger partial charge in [0.15, 0.2) is 0 Å². The highest BCUT2D eigenvalue weighted by atomic mass is 16.6. The molecule has 3 aromatic rings. The van der Waals surface area contributed by atoms with E-state index < -0.39 is 42.2 Å².